The first-order valence-corrected chi connectivity index (χ1v) is 13.4. The van der Waals surface area contributed by atoms with Crippen molar-refractivity contribution in [2.45, 2.75) is 35.5 Å². The molecule has 6 nitrogen and oxygen atoms in total. The van der Waals surface area contributed by atoms with Gasteiger partial charge in [-0.3, -0.25) is 4.79 Å². The largest absolute Gasteiger partial charge is 0.491 e. The van der Waals surface area contributed by atoms with Gasteiger partial charge in [-0.2, -0.15) is 0 Å². The summed E-state index contributed by atoms with van der Waals surface area (Å²) in [5.41, 5.74) is 0.435. The molecule has 0 bridgehead atoms. The normalized spacial score (nSPS) is 14.8. The molecule has 3 rings (SSSR count). The fourth-order valence-electron chi connectivity index (χ4n) is 3.45. The summed E-state index contributed by atoms with van der Waals surface area (Å²) in [6, 6.07) is 11.7. The van der Waals surface area contributed by atoms with E-state index in [1.807, 2.05) is 11.2 Å². The number of para-hydroxylation sites is 1. The van der Waals surface area contributed by atoms with Gasteiger partial charge in [-0.25, -0.2) is 13.1 Å². The van der Waals surface area contributed by atoms with E-state index in [-0.39, 0.29) is 24.0 Å². The van der Waals surface area contributed by atoms with Crippen molar-refractivity contribution in [1.82, 2.24) is 9.62 Å². The van der Waals surface area contributed by atoms with E-state index in [0.29, 0.717) is 29.4 Å². The van der Waals surface area contributed by atoms with Gasteiger partial charge < -0.3 is 9.64 Å². The Morgan fingerprint density at radius 1 is 1.13 bits per heavy atom. The maximum absolute atomic E-state index is 13.1. The highest BCUT2D eigenvalue weighted by Gasteiger charge is 2.23. The zero-order valence-electron chi connectivity index (χ0n) is 17.5. The van der Waals surface area contributed by atoms with Crippen LogP contribution in [0, 0.1) is 0 Å². The van der Waals surface area contributed by atoms with Crippen molar-refractivity contribution in [3.05, 3.63) is 53.1 Å². The molecule has 1 N–H and O–H groups in total. The molecule has 2 aromatic rings. The van der Waals surface area contributed by atoms with Crippen molar-refractivity contribution in [1.29, 1.82) is 0 Å². The Morgan fingerprint density at radius 3 is 2.52 bits per heavy atom. The number of benzene rings is 2. The molecule has 1 heterocycles. The molecule has 0 unspecified atom stereocenters. The predicted molar refractivity (Wildman–Crippen MR) is 125 cm³/mol. The zero-order valence-corrected chi connectivity index (χ0v) is 19.9. The summed E-state index contributed by atoms with van der Waals surface area (Å²) in [5.74, 6) is 0.392. The van der Waals surface area contributed by atoms with Gasteiger partial charge >= 0.3 is 0 Å². The van der Waals surface area contributed by atoms with Crippen molar-refractivity contribution >= 4 is 39.3 Å². The van der Waals surface area contributed by atoms with Gasteiger partial charge in [0.15, 0.2) is 0 Å². The lowest BCUT2D eigenvalue weighted by molar-refractivity contribution is 0.0758. The van der Waals surface area contributed by atoms with E-state index in [1.54, 1.807) is 30.3 Å². The molecule has 1 amide bonds. The molecular weight excluding hydrogens is 456 g/mol. The number of ether oxygens (including phenoxy) is 1. The van der Waals surface area contributed by atoms with E-state index in [1.165, 1.54) is 23.9 Å². The number of amides is 1. The highest BCUT2D eigenvalue weighted by molar-refractivity contribution is 7.98. The van der Waals surface area contributed by atoms with E-state index in [2.05, 4.69) is 4.72 Å². The standard InChI is InChI=1S/C22H27ClN2O4S2/c1-30-21-11-10-17(16-18(21)22(26)25-13-6-2-3-7-14-25)31(27,28)24-12-15-29-20-9-5-4-8-19(20)23/h4-5,8-11,16,24H,2-3,6-7,12-15H2,1H3. The number of nitrogens with one attached hydrogen (secondary N) is 1. The minimum absolute atomic E-state index is 0.0706. The van der Waals surface area contributed by atoms with Crippen LogP contribution in [0.5, 0.6) is 5.75 Å². The third-order valence-electron chi connectivity index (χ3n) is 5.09. The second-order valence-corrected chi connectivity index (χ2v) is 10.3. The van der Waals surface area contributed by atoms with Crippen LogP contribution in [0.4, 0.5) is 0 Å². The third kappa shape index (κ3) is 6.38. The number of sulfonamides is 1. The van der Waals surface area contributed by atoms with Crippen LogP contribution in [-0.4, -0.2) is 51.7 Å². The van der Waals surface area contributed by atoms with Crippen molar-refractivity contribution in [2.24, 2.45) is 0 Å². The monoisotopic (exact) mass is 482 g/mol. The van der Waals surface area contributed by atoms with Gasteiger partial charge in [0.25, 0.3) is 5.91 Å². The average molecular weight is 483 g/mol. The van der Waals surface area contributed by atoms with Crippen molar-refractivity contribution < 1.29 is 17.9 Å². The summed E-state index contributed by atoms with van der Waals surface area (Å²) in [5, 5.41) is 0.467. The van der Waals surface area contributed by atoms with E-state index in [0.717, 1.165) is 30.6 Å². The van der Waals surface area contributed by atoms with Crippen molar-refractivity contribution in [3.8, 4) is 5.75 Å². The highest BCUT2D eigenvalue weighted by Crippen LogP contribution is 2.26. The van der Waals surface area contributed by atoms with Gasteiger partial charge in [-0.1, -0.05) is 36.6 Å². The van der Waals surface area contributed by atoms with Crippen LogP contribution < -0.4 is 9.46 Å². The molecule has 0 saturated carbocycles. The minimum atomic E-state index is -3.79. The molecule has 1 fully saturated rings. The fourth-order valence-corrected chi connectivity index (χ4v) is 5.25. The molecule has 0 atom stereocenters. The highest BCUT2D eigenvalue weighted by atomic mass is 35.5. The van der Waals surface area contributed by atoms with Crippen LogP contribution in [0.1, 0.15) is 36.0 Å². The first-order valence-electron chi connectivity index (χ1n) is 10.3. The number of halogens is 1. The maximum Gasteiger partial charge on any atom is 0.255 e. The molecular formula is C22H27ClN2O4S2. The molecule has 1 aliphatic heterocycles. The molecule has 9 heteroatoms. The first-order chi connectivity index (χ1) is 14.9. The summed E-state index contributed by atoms with van der Waals surface area (Å²) in [7, 11) is -3.79. The molecule has 0 aliphatic carbocycles. The predicted octanol–water partition coefficient (Wildman–Crippen LogP) is 4.44. The quantitative estimate of drug-likeness (QED) is 0.444. The van der Waals surface area contributed by atoms with Crippen LogP contribution >= 0.6 is 23.4 Å². The fraction of sp³-hybridized carbons (Fsp3) is 0.409. The number of nitrogens with zero attached hydrogens (tertiary/aromatic N) is 1. The Bertz CT molecular complexity index is 1010. The second kappa shape index (κ2) is 11.2. The maximum atomic E-state index is 13.1. The number of rotatable bonds is 8. The Balaban J connectivity index is 1.69. The Kier molecular flexibility index (Phi) is 8.66. The summed E-state index contributed by atoms with van der Waals surface area (Å²) >= 11 is 7.47. The average Bonchev–Trinajstić information content (AvgIpc) is 3.06. The number of likely N-dealkylation sites (tertiary alicyclic amines) is 1. The molecule has 168 valence electrons. The van der Waals surface area contributed by atoms with Gasteiger partial charge in [-0.05, 0) is 49.4 Å². The molecule has 1 aliphatic rings. The summed E-state index contributed by atoms with van der Waals surface area (Å²) in [4.78, 5) is 15.8. The van der Waals surface area contributed by atoms with Crippen LogP contribution in [0.15, 0.2) is 52.3 Å². The number of hydrogen-bond donors (Lipinski definition) is 1. The van der Waals surface area contributed by atoms with Crippen LogP contribution in [0.3, 0.4) is 0 Å². The topological polar surface area (TPSA) is 75.7 Å². The van der Waals surface area contributed by atoms with E-state index < -0.39 is 10.0 Å². The van der Waals surface area contributed by atoms with Gasteiger partial charge in [0.05, 0.1) is 15.5 Å². The molecule has 31 heavy (non-hydrogen) atoms. The van der Waals surface area contributed by atoms with Crippen LogP contribution in [-0.2, 0) is 10.0 Å². The third-order valence-corrected chi connectivity index (χ3v) is 7.66. The number of carbonyl (C=O) groups is 1. The van der Waals surface area contributed by atoms with Crippen LogP contribution in [0.25, 0.3) is 0 Å². The van der Waals surface area contributed by atoms with E-state index in [4.69, 9.17) is 16.3 Å². The lowest BCUT2D eigenvalue weighted by Crippen LogP contribution is -2.33. The minimum Gasteiger partial charge on any atom is -0.491 e. The first kappa shape index (κ1) is 23.9. The Hall–Kier alpha value is -1.74. The molecule has 1 saturated heterocycles. The van der Waals surface area contributed by atoms with Crippen molar-refractivity contribution in [2.75, 3.05) is 32.5 Å². The summed E-state index contributed by atoms with van der Waals surface area (Å²) < 4.78 is 33.6. The summed E-state index contributed by atoms with van der Waals surface area (Å²) in [6.07, 6.45) is 6.07. The zero-order chi connectivity index (χ0) is 22.3. The molecule has 0 spiro atoms. The van der Waals surface area contributed by atoms with Crippen molar-refractivity contribution in [3.63, 3.8) is 0 Å². The van der Waals surface area contributed by atoms with Gasteiger partial charge in [0.2, 0.25) is 10.0 Å². The van der Waals surface area contributed by atoms with E-state index >= 15 is 0 Å². The number of thioether (sulfide) groups is 1. The van der Waals surface area contributed by atoms with Gasteiger partial charge in [0.1, 0.15) is 12.4 Å². The van der Waals surface area contributed by atoms with E-state index in [9.17, 15) is 13.2 Å². The molecule has 0 aromatic heterocycles. The van der Waals surface area contributed by atoms with Crippen LogP contribution in [0.2, 0.25) is 5.02 Å². The number of carbonyl (C=O) groups excluding carboxylic acids is 1. The smallest absolute Gasteiger partial charge is 0.255 e. The Labute approximate surface area is 193 Å². The number of hydrogen-bond acceptors (Lipinski definition) is 5. The SMILES string of the molecule is CSc1ccc(S(=O)(=O)NCCOc2ccccc2Cl)cc1C(=O)N1CCCCCC1. The second-order valence-electron chi connectivity index (χ2n) is 7.25. The lowest BCUT2D eigenvalue weighted by Gasteiger charge is -2.22. The van der Waals surface area contributed by atoms with Gasteiger partial charge in [-0.15, -0.1) is 11.8 Å². The lowest BCUT2D eigenvalue weighted by atomic mass is 10.2. The molecule has 0 radical (unpaired) electrons. The Morgan fingerprint density at radius 2 is 1.84 bits per heavy atom. The van der Waals surface area contributed by atoms with Gasteiger partial charge in [0, 0.05) is 24.5 Å². The summed E-state index contributed by atoms with van der Waals surface area (Å²) in [6.45, 7) is 1.63. The molecule has 2 aromatic carbocycles.